The van der Waals surface area contributed by atoms with Crippen molar-refractivity contribution >= 4 is 6.03 Å². The minimum atomic E-state index is -0.285. The van der Waals surface area contributed by atoms with Gasteiger partial charge in [-0.25, -0.2) is 4.79 Å². The Balaban J connectivity index is 2.46. The molecule has 0 aliphatic heterocycles. The molecule has 0 fully saturated rings. The molecule has 0 saturated carbocycles. The highest BCUT2D eigenvalue weighted by atomic mass is 16.5. The fraction of sp³-hybridized carbons (Fsp3) is 0.533. The van der Waals surface area contributed by atoms with E-state index in [1.165, 1.54) is 11.1 Å². The monoisotopic (exact) mass is 264 g/mol. The number of ether oxygens (including phenoxy) is 1. The van der Waals surface area contributed by atoms with Crippen LogP contribution >= 0.6 is 0 Å². The van der Waals surface area contributed by atoms with Crippen molar-refractivity contribution in [1.82, 2.24) is 10.6 Å². The first kappa shape index (κ1) is 15.5. The standard InChI is InChI=1S/C15H24N2O2/c1-12-5-7-13(8-6-12)11-15(2,3)17-14(18)16-9-10-19-4/h5-8H,9-11H2,1-4H3,(H2,16,17,18). The number of carbonyl (C=O) groups is 1. The first-order valence-corrected chi connectivity index (χ1v) is 6.53. The van der Waals surface area contributed by atoms with Crippen LogP contribution < -0.4 is 10.6 Å². The van der Waals surface area contributed by atoms with Gasteiger partial charge >= 0.3 is 6.03 Å². The summed E-state index contributed by atoms with van der Waals surface area (Å²) in [6.45, 7) is 7.14. The lowest BCUT2D eigenvalue weighted by molar-refractivity contribution is 0.193. The summed E-state index contributed by atoms with van der Waals surface area (Å²) in [6, 6.07) is 8.21. The van der Waals surface area contributed by atoms with E-state index in [4.69, 9.17) is 4.74 Å². The molecule has 0 saturated heterocycles. The van der Waals surface area contributed by atoms with Crippen LogP contribution in [0.1, 0.15) is 25.0 Å². The summed E-state index contributed by atoms with van der Waals surface area (Å²) < 4.78 is 4.89. The van der Waals surface area contributed by atoms with E-state index in [9.17, 15) is 4.79 Å². The molecule has 0 bridgehead atoms. The molecule has 4 heteroatoms. The first-order valence-electron chi connectivity index (χ1n) is 6.53. The lowest BCUT2D eigenvalue weighted by atomic mass is 9.94. The summed E-state index contributed by atoms with van der Waals surface area (Å²) in [5.41, 5.74) is 2.17. The van der Waals surface area contributed by atoms with Crippen LogP contribution in [0.4, 0.5) is 4.79 Å². The third-order valence-electron chi connectivity index (χ3n) is 2.81. The number of benzene rings is 1. The fourth-order valence-electron chi connectivity index (χ4n) is 1.88. The smallest absolute Gasteiger partial charge is 0.315 e. The van der Waals surface area contributed by atoms with Crippen LogP contribution in [0.3, 0.4) is 0 Å². The number of urea groups is 1. The number of aryl methyl sites for hydroxylation is 1. The van der Waals surface area contributed by atoms with Gasteiger partial charge in [0.15, 0.2) is 0 Å². The van der Waals surface area contributed by atoms with E-state index in [2.05, 4.69) is 41.8 Å². The minimum Gasteiger partial charge on any atom is -0.383 e. The van der Waals surface area contributed by atoms with Gasteiger partial charge in [-0.1, -0.05) is 29.8 Å². The van der Waals surface area contributed by atoms with Crippen LogP contribution in [0, 0.1) is 6.92 Å². The predicted molar refractivity (Wildman–Crippen MR) is 77.4 cm³/mol. The number of nitrogens with one attached hydrogen (secondary N) is 2. The Morgan fingerprint density at radius 2 is 1.89 bits per heavy atom. The molecule has 0 heterocycles. The van der Waals surface area contributed by atoms with Crippen LogP contribution in [0.2, 0.25) is 0 Å². The molecule has 0 aliphatic carbocycles. The van der Waals surface area contributed by atoms with Gasteiger partial charge < -0.3 is 15.4 Å². The summed E-state index contributed by atoms with van der Waals surface area (Å²) in [5, 5.41) is 5.73. The summed E-state index contributed by atoms with van der Waals surface area (Å²) >= 11 is 0. The molecular formula is C15H24N2O2. The lowest BCUT2D eigenvalue weighted by Crippen LogP contribution is -2.50. The zero-order valence-corrected chi connectivity index (χ0v) is 12.2. The third kappa shape index (κ3) is 6.25. The van der Waals surface area contributed by atoms with Crippen molar-refractivity contribution in [2.24, 2.45) is 0 Å². The van der Waals surface area contributed by atoms with E-state index < -0.39 is 0 Å². The Morgan fingerprint density at radius 1 is 1.26 bits per heavy atom. The normalized spacial score (nSPS) is 11.2. The van der Waals surface area contributed by atoms with E-state index in [1.807, 2.05) is 13.8 Å². The highest BCUT2D eigenvalue weighted by molar-refractivity contribution is 5.74. The van der Waals surface area contributed by atoms with Gasteiger partial charge in [0.1, 0.15) is 0 Å². The van der Waals surface area contributed by atoms with Crippen molar-refractivity contribution in [2.75, 3.05) is 20.3 Å². The largest absolute Gasteiger partial charge is 0.383 e. The molecule has 0 aromatic heterocycles. The van der Waals surface area contributed by atoms with Crippen LogP contribution in [-0.2, 0) is 11.2 Å². The van der Waals surface area contributed by atoms with Gasteiger partial charge in [-0.05, 0) is 32.8 Å². The molecule has 4 nitrogen and oxygen atoms in total. The number of rotatable bonds is 6. The fourth-order valence-corrected chi connectivity index (χ4v) is 1.88. The van der Waals surface area contributed by atoms with Crippen molar-refractivity contribution < 1.29 is 9.53 Å². The molecule has 0 spiro atoms. The second kappa shape index (κ2) is 7.14. The van der Waals surface area contributed by atoms with E-state index >= 15 is 0 Å². The van der Waals surface area contributed by atoms with Gasteiger partial charge in [0.25, 0.3) is 0 Å². The molecule has 106 valence electrons. The van der Waals surface area contributed by atoms with E-state index in [-0.39, 0.29) is 11.6 Å². The number of methoxy groups -OCH3 is 1. The van der Waals surface area contributed by atoms with Crippen molar-refractivity contribution in [1.29, 1.82) is 0 Å². The second-order valence-corrected chi connectivity index (χ2v) is 5.42. The zero-order valence-electron chi connectivity index (χ0n) is 12.2. The Labute approximate surface area is 115 Å². The topological polar surface area (TPSA) is 50.4 Å². The average Bonchev–Trinajstić information content (AvgIpc) is 2.31. The molecule has 1 aromatic rings. The number of hydrogen-bond acceptors (Lipinski definition) is 2. The molecule has 0 atom stereocenters. The lowest BCUT2D eigenvalue weighted by Gasteiger charge is -2.26. The Hall–Kier alpha value is -1.55. The maximum atomic E-state index is 11.7. The highest BCUT2D eigenvalue weighted by Gasteiger charge is 2.20. The third-order valence-corrected chi connectivity index (χ3v) is 2.81. The Morgan fingerprint density at radius 3 is 2.47 bits per heavy atom. The van der Waals surface area contributed by atoms with Crippen LogP contribution in [0.15, 0.2) is 24.3 Å². The van der Waals surface area contributed by atoms with Crippen LogP contribution in [0.25, 0.3) is 0 Å². The number of amides is 2. The number of hydrogen-bond donors (Lipinski definition) is 2. The van der Waals surface area contributed by atoms with Crippen molar-refractivity contribution in [3.05, 3.63) is 35.4 Å². The van der Waals surface area contributed by atoms with Gasteiger partial charge in [-0.2, -0.15) is 0 Å². The maximum Gasteiger partial charge on any atom is 0.315 e. The molecular weight excluding hydrogens is 240 g/mol. The molecule has 2 N–H and O–H groups in total. The Kier molecular flexibility index (Phi) is 5.83. The number of carbonyl (C=O) groups excluding carboxylic acids is 1. The van der Waals surface area contributed by atoms with Crippen LogP contribution in [-0.4, -0.2) is 31.8 Å². The maximum absolute atomic E-state index is 11.7. The highest BCUT2D eigenvalue weighted by Crippen LogP contribution is 2.13. The van der Waals surface area contributed by atoms with E-state index in [0.717, 1.165) is 6.42 Å². The SMILES string of the molecule is COCCNC(=O)NC(C)(C)Cc1ccc(C)cc1. The molecule has 0 unspecified atom stereocenters. The molecule has 19 heavy (non-hydrogen) atoms. The van der Waals surface area contributed by atoms with Gasteiger partial charge in [-0.3, -0.25) is 0 Å². The molecule has 1 rings (SSSR count). The summed E-state index contributed by atoms with van der Waals surface area (Å²) in [6.07, 6.45) is 0.797. The average molecular weight is 264 g/mol. The Bertz CT molecular complexity index is 399. The quantitative estimate of drug-likeness (QED) is 0.774. The minimum absolute atomic E-state index is 0.158. The van der Waals surface area contributed by atoms with Gasteiger partial charge in [0, 0.05) is 19.2 Å². The van der Waals surface area contributed by atoms with E-state index in [0.29, 0.717) is 13.2 Å². The molecule has 0 aliphatic rings. The van der Waals surface area contributed by atoms with Crippen molar-refractivity contribution in [2.45, 2.75) is 32.7 Å². The zero-order chi connectivity index (χ0) is 14.3. The predicted octanol–water partition coefficient (Wildman–Crippen LogP) is 2.26. The molecule has 0 radical (unpaired) electrons. The van der Waals surface area contributed by atoms with Gasteiger partial charge in [0.2, 0.25) is 0 Å². The van der Waals surface area contributed by atoms with Crippen LogP contribution in [0.5, 0.6) is 0 Å². The van der Waals surface area contributed by atoms with Gasteiger partial charge in [-0.15, -0.1) is 0 Å². The summed E-state index contributed by atoms with van der Waals surface area (Å²) in [4.78, 5) is 11.7. The first-order chi connectivity index (χ1) is 8.93. The summed E-state index contributed by atoms with van der Waals surface area (Å²) in [5.74, 6) is 0. The second-order valence-electron chi connectivity index (χ2n) is 5.42. The van der Waals surface area contributed by atoms with Gasteiger partial charge in [0.05, 0.1) is 6.61 Å². The van der Waals surface area contributed by atoms with E-state index in [1.54, 1.807) is 7.11 Å². The van der Waals surface area contributed by atoms with Crippen molar-refractivity contribution in [3.63, 3.8) is 0 Å². The summed E-state index contributed by atoms with van der Waals surface area (Å²) in [7, 11) is 1.61. The molecule has 2 amide bonds. The molecule has 1 aromatic carbocycles. The van der Waals surface area contributed by atoms with Crippen molar-refractivity contribution in [3.8, 4) is 0 Å².